The van der Waals surface area contributed by atoms with Gasteiger partial charge in [0.2, 0.25) is 0 Å². The van der Waals surface area contributed by atoms with Crippen LogP contribution in [0.4, 0.5) is 4.39 Å². The summed E-state index contributed by atoms with van der Waals surface area (Å²) in [6, 6.07) is 5.86. The van der Waals surface area contributed by atoms with Crippen molar-refractivity contribution in [2.75, 3.05) is 6.61 Å². The molecule has 1 saturated carbocycles. The molecule has 0 aromatic heterocycles. The molecule has 2 heterocycles. The van der Waals surface area contributed by atoms with Gasteiger partial charge in [-0.2, -0.15) is 0 Å². The average molecular weight is 461 g/mol. The first-order valence-corrected chi connectivity index (χ1v) is 11.8. The molecule has 0 radical (unpaired) electrons. The lowest BCUT2D eigenvalue weighted by Crippen LogP contribution is -2.62. The molecule has 2 saturated heterocycles. The van der Waals surface area contributed by atoms with E-state index in [1.165, 1.54) is 18.2 Å². The molecule has 3 fully saturated rings. The number of aliphatic hydroxyl groups is 1. The maximum absolute atomic E-state index is 13.1. The molecule has 1 aromatic carbocycles. The minimum absolute atomic E-state index is 0.00211. The van der Waals surface area contributed by atoms with Crippen molar-refractivity contribution in [3.63, 3.8) is 0 Å². The van der Waals surface area contributed by atoms with Crippen LogP contribution in [0.3, 0.4) is 0 Å². The summed E-state index contributed by atoms with van der Waals surface area (Å²) in [6.45, 7) is 7.56. The molecule has 6 nitrogen and oxygen atoms in total. The third kappa shape index (κ3) is 4.10. The topological polar surface area (TPSA) is 82.1 Å². The van der Waals surface area contributed by atoms with E-state index in [2.05, 4.69) is 6.92 Å². The Balaban J connectivity index is 1.64. The third-order valence-electron chi connectivity index (χ3n) is 8.08. The van der Waals surface area contributed by atoms with Crippen LogP contribution in [0.2, 0.25) is 0 Å². The Bertz CT molecular complexity index is 927. The van der Waals surface area contributed by atoms with Crippen molar-refractivity contribution in [3.8, 4) is 0 Å². The molecular weight excluding hydrogens is 427 g/mol. The van der Waals surface area contributed by atoms with Crippen LogP contribution in [0.25, 0.3) is 6.08 Å². The molecule has 4 rings (SSSR count). The van der Waals surface area contributed by atoms with Crippen molar-refractivity contribution in [2.24, 2.45) is 23.7 Å². The van der Waals surface area contributed by atoms with E-state index < -0.39 is 42.0 Å². The van der Waals surface area contributed by atoms with E-state index in [4.69, 9.17) is 14.2 Å². The summed E-state index contributed by atoms with van der Waals surface area (Å²) in [5, 5.41) is 9.25. The second-order valence-electron chi connectivity index (χ2n) is 10.2. The molecule has 0 spiro atoms. The number of rotatable bonds is 6. The summed E-state index contributed by atoms with van der Waals surface area (Å²) >= 11 is 0. The van der Waals surface area contributed by atoms with Gasteiger partial charge in [0, 0.05) is 18.4 Å². The monoisotopic (exact) mass is 460 g/mol. The highest BCUT2D eigenvalue weighted by Gasteiger charge is 2.72. The van der Waals surface area contributed by atoms with Gasteiger partial charge in [-0.25, -0.2) is 14.0 Å². The lowest BCUT2D eigenvalue weighted by atomic mass is 9.69. The number of carbonyl (C=O) groups excluding carboxylic acids is 2. The summed E-state index contributed by atoms with van der Waals surface area (Å²) in [7, 11) is 0. The molecule has 1 N–H and O–H groups in total. The maximum atomic E-state index is 13.1. The highest BCUT2D eigenvalue weighted by atomic mass is 19.1. The zero-order valence-corrected chi connectivity index (χ0v) is 19.6. The Morgan fingerprint density at radius 2 is 1.94 bits per heavy atom. The normalized spacial score (nSPS) is 37.4. The Labute approximate surface area is 194 Å². The van der Waals surface area contributed by atoms with Gasteiger partial charge in [0.05, 0.1) is 0 Å². The fourth-order valence-corrected chi connectivity index (χ4v) is 6.34. The summed E-state index contributed by atoms with van der Waals surface area (Å²) in [4.78, 5) is 24.9. The molecular formula is C26H33FO6. The standard InChI is InChI=1S/C26H33FO6/c1-15(2)26-13-20(31-22(30)14-28)25(4,33-26)19-11-5-16(3)23(19)24(26)32-21(29)12-8-17-6-9-18(27)10-7-17/h6-10,12,15-16,19-20,23-24,28H,5,11,13-14H2,1-4H3/b12-8+/t16-,19-,20-,23-,24+,25+,26-/m1/s1. The molecule has 2 aliphatic heterocycles. The van der Waals surface area contributed by atoms with Crippen LogP contribution in [0, 0.1) is 29.5 Å². The fourth-order valence-electron chi connectivity index (χ4n) is 6.34. The van der Waals surface area contributed by atoms with Gasteiger partial charge in [0.1, 0.15) is 35.8 Å². The first-order valence-electron chi connectivity index (χ1n) is 11.8. The second-order valence-corrected chi connectivity index (χ2v) is 10.2. The SMILES string of the molecule is CC(C)[C@@]12C[C@@H](OC(=O)CO)[C@@](C)(O1)[C@@H]1CC[C@@H](C)[C@H]1[C@@H]2OC(=O)/C=C/c1ccc(F)cc1. The van der Waals surface area contributed by atoms with E-state index in [0.29, 0.717) is 17.9 Å². The number of fused-ring (bicyclic) bond motifs is 4. The number of esters is 2. The average Bonchev–Trinajstić information content (AvgIpc) is 3.29. The van der Waals surface area contributed by atoms with Crippen molar-refractivity contribution in [1.29, 1.82) is 0 Å². The van der Waals surface area contributed by atoms with E-state index in [9.17, 15) is 19.1 Å². The van der Waals surface area contributed by atoms with Gasteiger partial charge in [0.25, 0.3) is 0 Å². The minimum atomic E-state index is -0.797. The molecule has 180 valence electrons. The van der Waals surface area contributed by atoms with Crippen LogP contribution < -0.4 is 0 Å². The zero-order chi connectivity index (χ0) is 24.0. The minimum Gasteiger partial charge on any atom is -0.457 e. The van der Waals surface area contributed by atoms with Crippen LogP contribution in [0.5, 0.6) is 0 Å². The largest absolute Gasteiger partial charge is 0.457 e. The van der Waals surface area contributed by atoms with Gasteiger partial charge in [0.15, 0.2) is 0 Å². The summed E-state index contributed by atoms with van der Waals surface area (Å²) in [5.41, 5.74) is -0.797. The lowest BCUT2D eigenvalue weighted by Gasteiger charge is -2.52. The molecule has 1 aliphatic carbocycles. The number of benzene rings is 1. The van der Waals surface area contributed by atoms with Crippen molar-refractivity contribution in [3.05, 3.63) is 41.7 Å². The Morgan fingerprint density at radius 1 is 1.24 bits per heavy atom. The predicted molar refractivity (Wildman–Crippen MR) is 119 cm³/mol. The molecule has 2 bridgehead atoms. The number of hydrogen-bond acceptors (Lipinski definition) is 6. The van der Waals surface area contributed by atoms with E-state index in [0.717, 1.165) is 12.8 Å². The molecule has 3 aliphatic rings. The third-order valence-corrected chi connectivity index (χ3v) is 8.08. The number of hydrogen-bond donors (Lipinski definition) is 1. The summed E-state index contributed by atoms with van der Waals surface area (Å²) in [5.74, 6) is -1.02. The first-order chi connectivity index (χ1) is 15.6. The quantitative estimate of drug-likeness (QED) is 0.512. The smallest absolute Gasteiger partial charge is 0.332 e. The highest BCUT2D eigenvalue weighted by molar-refractivity contribution is 5.87. The number of carbonyl (C=O) groups is 2. The van der Waals surface area contributed by atoms with E-state index in [1.54, 1.807) is 18.2 Å². The first kappa shape index (κ1) is 23.9. The second kappa shape index (κ2) is 8.84. The highest BCUT2D eigenvalue weighted by Crippen LogP contribution is 2.63. The van der Waals surface area contributed by atoms with Gasteiger partial charge >= 0.3 is 11.9 Å². The van der Waals surface area contributed by atoms with E-state index in [-0.39, 0.29) is 23.6 Å². The zero-order valence-electron chi connectivity index (χ0n) is 19.6. The molecule has 7 heteroatoms. The summed E-state index contributed by atoms with van der Waals surface area (Å²) < 4.78 is 31.7. The van der Waals surface area contributed by atoms with Gasteiger partial charge in [-0.05, 0) is 61.3 Å². The van der Waals surface area contributed by atoms with Gasteiger partial charge in [-0.3, -0.25) is 0 Å². The lowest BCUT2D eigenvalue weighted by molar-refractivity contribution is -0.264. The predicted octanol–water partition coefficient (Wildman–Crippen LogP) is 3.90. The van der Waals surface area contributed by atoms with Crippen molar-refractivity contribution in [1.82, 2.24) is 0 Å². The van der Waals surface area contributed by atoms with Crippen molar-refractivity contribution < 1.29 is 33.3 Å². The van der Waals surface area contributed by atoms with Crippen LogP contribution in [0.15, 0.2) is 30.3 Å². The molecule has 33 heavy (non-hydrogen) atoms. The molecule has 7 atom stereocenters. The Hall–Kier alpha value is -2.25. The summed E-state index contributed by atoms with van der Waals surface area (Å²) in [6.07, 6.45) is 4.24. The molecule has 1 aromatic rings. The molecule has 0 unspecified atom stereocenters. The van der Waals surface area contributed by atoms with Crippen LogP contribution in [0.1, 0.15) is 52.5 Å². The number of ether oxygens (including phenoxy) is 3. The van der Waals surface area contributed by atoms with Crippen molar-refractivity contribution >= 4 is 18.0 Å². The fraction of sp³-hybridized carbons (Fsp3) is 0.615. The number of aliphatic hydroxyl groups excluding tert-OH is 1. The van der Waals surface area contributed by atoms with Gasteiger partial charge < -0.3 is 19.3 Å². The van der Waals surface area contributed by atoms with Crippen LogP contribution >= 0.6 is 0 Å². The van der Waals surface area contributed by atoms with Gasteiger partial charge in [-0.1, -0.05) is 32.9 Å². The Kier molecular flexibility index (Phi) is 6.40. The maximum Gasteiger partial charge on any atom is 0.332 e. The van der Waals surface area contributed by atoms with Crippen LogP contribution in [-0.4, -0.2) is 47.1 Å². The Morgan fingerprint density at radius 3 is 2.58 bits per heavy atom. The number of halogens is 1. The van der Waals surface area contributed by atoms with E-state index >= 15 is 0 Å². The van der Waals surface area contributed by atoms with E-state index in [1.807, 2.05) is 20.8 Å². The van der Waals surface area contributed by atoms with Crippen molar-refractivity contribution in [2.45, 2.75) is 70.4 Å². The van der Waals surface area contributed by atoms with Crippen LogP contribution in [-0.2, 0) is 23.8 Å². The van der Waals surface area contributed by atoms with Gasteiger partial charge in [-0.15, -0.1) is 0 Å². The molecule has 0 amide bonds.